The van der Waals surface area contributed by atoms with Crippen LogP contribution in [0.3, 0.4) is 0 Å². The molecule has 0 radical (unpaired) electrons. The Morgan fingerprint density at radius 2 is 2.20 bits per heavy atom. The van der Waals surface area contributed by atoms with Crippen molar-refractivity contribution in [2.45, 2.75) is 5.88 Å². The van der Waals surface area contributed by atoms with Crippen LogP contribution in [-0.4, -0.2) is 5.11 Å². The van der Waals surface area contributed by atoms with E-state index < -0.39 is 0 Å². The minimum absolute atomic E-state index is 0.251. The zero-order valence-corrected chi connectivity index (χ0v) is 7.48. The summed E-state index contributed by atoms with van der Waals surface area (Å²) >= 11 is 8.84. The summed E-state index contributed by atoms with van der Waals surface area (Å²) in [5, 5.41) is 8.96. The molecule has 0 bridgehead atoms. The highest BCUT2D eigenvalue weighted by Gasteiger charge is 1.97. The van der Waals surface area contributed by atoms with Gasteiger partial charge in [-0.2, -0.15) is 0 Å². The number of alkyl halides is 1. The summed E-state index contributed by atoms with van der Waals surface area (Å²) in [7, 11) is 0. The fourth-order valence-electron chi connectivity index (χ4n) is 0.645. The van der Waals surface area contributed by atoms with Gasteiger partial charge in [0, 0.05) is 10.4 Å². The second kappa shape index (κ2) is 3.26. The predicted molar refractivity (Wildman–Crippen MR) is 45.4 cm³/mol. The minimum Gasteiger partial charge on any atom is -0.508 e. The lowest BCUT2D eigenvalue weighted by Crippen LogP contribution is -1.78. The van der Waals surface area contributed by atoms with E-state index in [1.807, 2.05) is 0 Å². The molecule has 1 rings (SSSR count). The average molecular weight is 221 g/mol. The molecule has 0 saturated heterocycles. The summed E-state index contributed by atoms with van der Waals surface area (Å²) in [6.07, 6.45) is 0. The van der Waals surface area contributed by atoms with Crippen molar-refractivity contribution in [2.24, 2.45) is 0 Å². The van der Waals surface area contributed by atoms with Crippen LogP contribution in [0.2, 0.25) is 0 Å². The van der Waals surface area contributed by atoms with Crippen molar-refractivity contribution in [1.82, 2.24) is 0 Å². The Morgan fingerprint density at radius 3 is 2.70 bits per heavy atom. The van der Waals surface area contributed by atoms with Gasteiger partial charge in [-0.15, -0.1) is 11.6 Å². The van der Waals surface area contributed by atoms with Gasteiger partial charge < -0.3 is 5.11 Å². The molecule has 10 heavy (non-hydrogen) atoms. The van der Waals surface area contributed by atoms with Crippen molar-refractivity contribution >= 4 is 27.5 Å². The molecule has 0 aliphatic rings. The first-order valence-electron chi connectivity index (χ1n) is 2.77. The molecule has 1 N–H and O–H groups in total. The van der Waals surface area contributed by atoms with E-state index in [0.717, 1.165) is 10.0 Å². The fraction of sp³-hybridized carbons (Fsp3) is 0.143. The first-order chi connectivity index (χ1) is 4.74. The highest BCUT2D eigenvalue weighted by Crippen LogP contribution is 2.22. The maximum Gasteiger partial charge on any atom is 0.116 e. The van der Waals surface area contributed by atoms with E-state index in [1.54, 1.807) is 18.2 Å². The van der Waals surface area contributed by atoms with Crippen molar-refractivity contribution in [3.8, 4) is 5.75 Å². The van der Waals surface area contributed by atoms with Gasteiger partial charge in [0.25, 0.3) is 0 Å². The molecule has 0 heterocycles. The maximum atomic E-state index is 8.96. The quantitative estimate of drug-likeness (QED) is 0.723. The number of hydrogen-bond acceptors (Lipinski definition) is 1. The van der Waals surface area contributed by atoms with Crippen LogP contribution in [0.25, 0.3) is 0 Å². The number of hydrogen-bond donors (Lipinski definition) is 1. The van der Waals surface area contributed by atoms with Gasteiger partial charge in [-0.05, 0) is 17.7 Å². The second-order valence-corrected chi connectivity index (χ2v) is 3.03. The molecule has 0 fully saturated rings. The fourth-order valence-corrected chi connectivity index (χ4v) is 1.55. The first kappa shape index (κ1) is 7.89. The van der Waals surface area contributed by atoms with Crippen LogP contribution in [0, 0.1) is 0 Å². The molecule has 0 aromatic heterocycles. The summed E-state index contributed by atoms with van der Waals surface area (Å²) < 4.78 is 0.850. The van der Waals surface area contributed by atoms with E-state index in [1.165, 1.54) is 0 Å². The van der Waals surface area contributed by atoms with Gasteiger partial charge in [0.05, 0.1) is 0 Å². The van der Waals surface area contributed by atoms with E-state index in [-0.39, 0.29) is 5.75 Å². The van der Waals surface area contributed by atoms with Crippen molar-refractivity contribution in [1.29, 1.82) is 0 Å². The van der Waals surface area contributed by atoms with Crippen LogP contribution < -0.4 is 0 Å². The summed E-state index contributed by atoms with van der Waals surface area (Å²) in [6, 6.07) is 5.02. The number of phenolic OH excluding ortho intramolecular Hbond substituents is 1. The van der Waals surface area contributed by atoms with Crippen molar-refractivity contribution in [3.05, 3.63) is 28.2 Å². The number of aromatic hydroxyl groups is 1. The molecule has 0 spiro atoms. The largest absolute Gasteiger partial charge is 0.508 e. The zero-order valence-electron chi connectivity index (χ0n) is 5.14. The Balaban J connectivity index is 3.07. The second-order valence-electron chi connectivity index (χ2n) is 1.91. The van der Waals surface area contributed by atoms with Crippen LogP contribution >= 0.6 is 27.5 Å². The van der Waals surface area contributed by atoms with Gasteiger partial charge in [0.15, 0.2) is 0 Å². The summed E-state index contributed by atoms with van der Waals surface area (Å²) in [4.78, 5) is 0. The Bertz CT molecular complexity index is 237. The van der Waals surface area contributed by atoms with Crippen molar-refractivity contribution in [3.63, 3.8) is 0 Å². The normalized spacial score (nSPS) is 9.80. The number of halogens is 2. The molecule has 0 atom stereocenters. The third-order valence-corrected chi connectivity index (χ3v) is 2.21. The van der Waals surface area contributed by atoms with E-state index in [4.69, 9.17) is 16.7 Å². The van der Waals surface area contributed by atoms with Gasteiger partial charge in [-0.1, -0.05) is 22.0 Å². The smallest absolute Gasteiger partial charge is 0.116 e. The lowest BCUT2D eigenvalue weighted by Gasteiger charge is -1.98. The van der Waals surface area contributed by atoms with Crippen LogP contribution in [-0.2, 0) is 5.88 Å². The van der Waals surface area contributed by atoms with Gasteiger partial charge in [0.2, 0.25) is 0 Å². The Morgan fingerprint density at radius 1 is 1.50 bits per heavy atom. The third-order valence-electron chi connectivity index (χ3n) is 1.18. The Labute approximate surface area is 72.8 Å². The molecule has 0 aliphatic heterocycles. The minimum atomic E-state index is 0.251. The van der Waals surface area contributed by atoms with Crippen molar-refractivity contribution < 1.29 is 5.11 Å². The molecule has 0 saturated carbocycles. The van der Waals surface area contributed by atoms with E-state index in [0.29, 0.717) is 5.88 Å². The molecule has 1 nitrogen and oxygen atoms in total. The molecule has 1 aromatic rings. The number of benzene rings is 1. The molecule has 0 aliphatic carbocycles. The first-order valence-corrected chi connectivity index (χ1v) is 4.10. The highest BCUT2D eigenvalue weighted by molar-refractivity contribution is 9.10. The van der Waals surface area contributed by atoms with Crippen LogP contribution in [0.4, 0.5) is 0 Å². The van der Waals surface area contributed by atoms with Crippen LogP contribution in [0.15, 0.2) is 22.7 Å². The molecule has 1 aromatic carbocycles. The maximum absolute atomic E-state index is 8.96. The lowest BCUT2D eigenvalue weighted by molar-refractivity contribution is 0.475. The van der Waals surface area contributed by atoms with Gasteiger partial charge in [0.1, 0.15) is 5.75 Å². The van der Waals surface area contributed by atoms with Crippen LogP contribution in [0.1, 0.15) is 5.56 Å². The molecule has 0 amide bonds. The zero-order chi connectivity index (χ0) is 7.56. The number of rotatable bonds is 1. The van der Waals surface area contributed by atoms with Crippen molar-refractivity contribution in [2.75, 3.05) is 0 Å². The Kier molecular flexibility index (Phi) is 2.57. The standard InChI is InChI=1S/C7H6BrClO/c8-7-3-6(10)2-1-5(7)4-9/h1-3,10H,4H2. The van der Waals surface area contributed by atoms with Gasteiger partial charge >= 0.3 is 0 Å². The van der Waals surface area contributed by atoms with Gasteiger partial charge in [-0.25, -0.2) is 0 Å². The molecule has 54 valence electrons. The third kappa shape index (κ3) is 1.64. The topological polar surface area (TPSA) is 20.2 Å². The summed E-state index contributed by atoms with van der Waals surface area (Å²) in [6.45, 7) is 0. The summed E-state index contributed by atoms with van der Waals surface area (Å²) in [5.74, 6) is 0.710. The average Bonchev–Trinajstić information content (AvgIpc) is 1.88. The number of phenols is 1. The molecule has 0 unspecified atom stereocenters. The highest BCUT2D eigenvalue weighted by atomic mass is 79.9. The molecular formula is C7H6BrClO. The van der Waals surface area contributed by atoms with Crippen LogP contribution in [0.5, 0.6) is 5.75 Å². The van der Waals surface area contributed by atoms with E-state index in [2.05, 4.69) is 15.9 Å². The van der Waals surface area contributed by atoms with E-state index >= 15 is 0 Å². The molecule has 3 heteroatoms. The lowest BCUT2D eigenvalue weighted by atomic mass is 10.2. The SMILES string of the molecule is Oc1ccc(CCl)c(Br)c1. The Hall–Kier alpha value is -0.210. The van der Waals surface area contributed by atoms with Gasteiger partial charge in [-0.3, -0.25) is 0 Å². The molecular weight excluding hydrogens is 215 g/mol. The monoisotopic (exact) mass is 220 g/mol. The van der Waals surface area contributed by atoms with E-state index in [9.17, 15) is 0 Å². The summed E-state index contributed by atoms with van der Waals surface area (Å²) in [5.41, 5.74) is 0.986. The predicted octanol–water partition coefficient (Wildman–Crippen LogP) is 2.89.